The van der Waals surface area contributed by atoms with Crippen LogP contribution in [0.25, 0.3) is 12.2 Å². The van der Waals surface area contributed by atoms with Gasteiger partial charge in [0, 0.05) is 25.0 Å². The monoisotopic (exact) mass is 333 g/mol. The van der Waals surface area contributed by atoms with E-state index in [4.69, 9.17) is 4.74 Å². The van der Waals surface area contributed by atoms with Crippen LogP contribution in [0.5, 0.6) is 5.75 Å². The second-order valence-corrected chi connectivity index (χ2v) is 5.94. The number of benzene rings is 2. The molecule has 0 bridgehead atoms. The van der Waals surface area contributed by atoms with E-state index in [0.717, 1.165) is 22.9 Å². The molecular formula is C22H23NO2. The van der Waals surface area contributed by atoms with Gasteiger partial charge in [-0.2, -0.15) is 0 Å². The Labute approximate surface area is 149 Å². The zero-order chi connectivity index (χ0) is 18.2. The van der Waals surface area contributed by atoms with Crippen molar-refractivity contribution in [2.24, 2.45) is 0 Å². The number of carbonyl (C=O) groups excluding carboxylic acids is 1. The second kappa shape index (κ2) is 8.69. The zero-order valence-electron chi connectivity index (χ0n) is 14.9. The van der Waals surface area contributed by atoms with Crippen molar-refractivity contribution in [1.29, 1.82) is 0 Å². The molecule has 0 saturated heterocycles. The van der Waals surface area contributed by atoms with E-state index in [-0.39, 0.29) is 0 Å². The molecule has 0 fully saturated rings. The number of ether oxygens (including phenoxy) is 1. The first kappa shape index (κ1) is 18.3. The molecule has 0 N–H and O–H groups in total. The van der Waals surface area contributed by atoms with Crippen LogP contribution < -0.4 is 9.64 Å². The summed E-state index contributed by atoms with van der Waals surface area (Å²) in [4.78, 5) is 13.3. The van der Waals surface area contributed by atoms with E-state index < -0.39 is 5.97 Å². The maximum atomic E-state index is 11.1. The number of hydrogen-bond acceptors (Lipinski definition) is 3. The molecule has 0 spiro atoms. The van der Waals surface area contributed by atoms with E-state index in [1.807, 2.05) is 25.3 Å². The molecule has 0 aliphatic heterocycles. The second-order valence-electron chi connectivity index (χ2n) is 5.94. The highest BCUT2D eigenvalue weighted by molar-refractivity contribution is 5.83. The number of nitrogens with zero attached hydrogens (tertiary/aromatic N) is 1. The van der Waals surface area contributed by atoms with Gasteiger partial charge >= 0.3 is 5.97 Å². The molecule has 0 aromatic heterocycles. The lowest BCUT2D eigenvalue weighted by Crippen LogP contribution is -2.08. The molecule has 0 amide bonds. The summed E-state index contributed by atoms with van der Waals surface area (Å²) in [5, 5.41) is 0. The predicted octanol–water partition coefficient (Wildman–Crippen LogP) is 5.31. The predicted molar refractivity (Wildman–Crippen MR) is 105 cm³/mol. The van der Waals surface area contributed by atoms with Gasteiger partial charge in [0.1, 0.15) is 5.75 Å². The summed E-state index contributed by atoms with van der Waals surface area (Å²) in [6.45, 7) is 7.54. The fraction of sp³-hybridized carbons (Fsp3) is 0.136. The van der Waals surface area contributed by atoms with Gasteiger partial charge in [-0.05, 0) is 49.2 Å². The van der Waals surface area contributed by atoms with Crippen molar-refractivity contribution in [2.45, 2.75) is 13.8 Å². The zero-order valence-corrected chi connectivity index (χ0v) is 14.9. The lowest BCUT2D eigenvalue weighted by molar-refractivity contribution is -0.128. The molecule has 0 aliphatic rings. The maximum Gasteiger partial charge on any atom is 0.335 e. The van der Waals surface area contributed by atoms with Gasteiger partial charge < -0.3 is 9.64 Å². The smallest absolute Gasteiger partial charge is 0.335 e. The molecule has 128 valence electrons. The first-order chi connectivity index (χ1) is 12.0. The van der Waals surface area contributed by atoms with Crippen LogP contribution in [0.3, 0.4) is 0 Å². The normalized spacial score (nSPS) is 10.4. The third-order valence-corrected chi connectivity index (χ3v) is 3.49. The summed E-state index contributed by atoms with van der Waals surface area (Å²) >= 11 is 0. The Morgan fingerprint density at radius 2 is 1.48 bits per heavy atom. The lowest BCUT2D eigenvalue weighted by Gasteiger charge is -2.15. The number of anilines is 1. The highest BCUT2D eigenvalue weighted by Gasteiger charge is 1.99. The Kier molecular flexibility index (Phi) is 6.35. The van der Waals surface area contributed by atoms with E-state index in [1.54, 1.807) is 12.1 Å². The van der Waals surface area contributed by atoms with Crippen LogP contribution >= 0.6 is 0 Å². The van der Waals surface area contributed by atoms with E-state index in [2.05, 4.69) is 61.9 Å². The van der Waals surface area contributed by atoms with Crippen molar-refractivity contribution >= 4 is 23.8 Å². The summed E-state index contributed by atoms with van der Waals surface area (Å²) in [5.41, 5.74) is 4.56. The Balaban J connectivity index is 2.03. The largest absolute Gasteiger partial charge is 0.423 e. The number of carbonyl (C=O) groups is 1. The average molecular weight is 333 g/mol. The minimum Gasteiger partial charge on any atom is -0.423 e. The van der Waals surface area contributed by atoms with Crippen molar-refractivity contribution in [1.82, 2.24) is 0 Å². The van der Waals surface area contributed by atoms with Crippen molar-refractivity contribution in [3.05, 3.63) is 84.1 Å². The Morgan fingerprint density at radius 3 is 1.96 bits per heavy atom. The standard InChI is InChI=1S/C22H23NO2/c1-5-22(24)25-21-14-10-19(11-15-21)7-6-18-8-12-20(13-9-18)23(4)16-17(2)3/h5-16H,1H2,2-4H3. The van der Waals surface area contributed by atoms with Crippen LogP contribution in [0.4, 0.5) is 5.69 Å². The van der Waals surface area contributed by atoms with Crippen molar-refractivity contribution in [3.63, 3.8) is 0 Å². The third-order valence-electron chi connectivity index (χ3n) is 3.49. The Morgan fingerprint density at radius 1 is 0.960 bits per heavy atom. The molecule has 0 atom stereocenters. The van der Waals surface area contributed by atoms with E-state index in [1.165, 1.54) is 5.57 Å². The summed E-state index contributed by atoms with van der Waals surface area (Å²) < 4.78 is 5.05. The van der Waals surface area contributed by atoms with Gasteiger partial charge in [-0.15, -0.1) is 0 Å². The summed E-state index contributed by atoms with van der Waals surface area (Å²) in [6.07, 6.45) is 7.32. The van der Waals surface area contributed by atoms with Crippen LogP contribution in [-0.4, -0.2) is 13.0 Å². The van der Waals surface area contributed by atoms with E-state index in [0.29, 0.717) is 5.75 Å². The van der Waals surface area contributed by atoms with Gasteiger partial charge in [0.2, 0.25) is 0 Å². The van der Waals surface area contributed by atoms with Crippen molar-refractivity contribution in [2.75, 3.05) is 11.9 Å². The summed E-state index contributed by atoms with van der Waals surface area (Å²) in [5.74, 6) is 0.0511. The molecule has 0 aliphatic carbocycles. The molecule has 2 rings (SSSR count). The van der Waals surface area contributed by atoms with Gasteiger partial charge in [0.05, 0.1) is 0 Å². The van der Waals surface area contributed by atoms with Crippen molar-refractivity contribution < 1.29 is 9.53 Å². The molecule has 0 unspecified atom stereocenters. The minimum atomic E-state index is -0.457. The Hall–Kier alpha value is -3.07. The first-order valence-electron chi connectivity index (χ1n) is 8.08. The topological polar surface area (TPSA) is 29.5 Å². The molecule has 3 heteroatoms. The molecule has 3 nitrogen and oxygen atoms in total. The summed E-state index contributed by atoms with van der Waals surface area (Å²) in [7, 11) is 2.04. The maximum absolute atomic E-state index is 11.1. The van der Waals surface area contributed by atoms with Crippen LogP contribution in [0.1, 0.15) is 25.0 Å². The number of rotatable bonds is 6. The van der Waals surface area contributed by atoms with Crippen LogP contribution in [-0.2, 0) is 4.79 Å². The molecule has 0 radical (unpaired) electrons. The number of hydrogen-bond donors (Lipinski definition) is 0. The fourth-order valence-electron chi connectivity index (χ4n) is 2.28. The molecule has 2 aromatic carbocycles. The summed E-state index contributed by atoms with van der Waals surface area (Å²) in [6, 6.07) is 15.7. The average Bonchev–Trinajstić information content (AvgIpc) is 2.61. The van der Waals surface area contributed by atoms with Gasteiger partial charge in [-0.3, -0.25) is 0 Å². The third kappa shape index (κ3) is 5.81. The molecule has 0 heterocycles. The Bertz CT molecular complexity index is 780. The van der Waals surface area contributed by atoms with Gasteiger partial charge in [-0.1, -0.05) is 48.6 Å². The van der Waals surface area contributed by atoms with Crippen LogP contribution in [0.2, 0.25) is 0 Å². The highest BCUT2D eigenvalue weighted by atomic mass is 16.5. The van der Waals surface area contributed by atoms with E-state index in [9.17, 15) is 4.79 Å². The van der Waals surface area contributed by atoms with E-state index >= 15 is 0 Å². The number of allylic oxidation sites excluding steroid dienone is 1. The molecular weight excluding hydrogens is 310 g/mol. The van der Waals surface area contributed by atoms with Crippen LogP contribution in [0.15, 0.2) is 73.0 Å². The SMILES string of the molecule is C=CC(=O)Oc1ccc(C=Cc2ccc(N(C)C=C(C)C)cc2)cc1. The minimum absolute atomic E-state index is 0.457. The van der Waals surface area contributed by atoms with Gasteiger partial charge in [0.25, 0.3) is 0 Å². The van der Waals surface area contributed by atoms with Gasteiger partial charge in [-0.25, -0.2) is 4.79 Å². The molecule has 25 heavy (non-hydrogen) atoms. The molecule has 0 saturated carbocycles. The molecule has 2 aromatic rings. The number of esters is 1. The lowest BCUT2D eigenvalue weighted by atomic mass is 10.1. The van der Waals surface area contributed by atoms with Gasteiger partial charge in [0.15, 0.2) is 0 Å². The van der Waals surface area contributed by atoms with Crippen molar-refractivity contribution in [3.8, 4) is 5.75 Å². The fourth-order valence-corrected chi connectivity index (χ4v) is 2.28. The quantitative estimate of drug-likeness (QED) is 0.310. The highest BCUT2D eigenvalue weighted by Crippen LogP contribution is 2.18. The van der Waals surface area contributed by atoms with Crippen LogP contribution in [0, 0.1) is 0 Å². The first-order valence-corrected chi connectivity index (χ1v) is 8.08.